The monoisotopic (exact) mass is 327 g/mol. The Kier molecular flexibility index (Phi) is 3.68. The molecular weight excluding hydrogens is 321 g/mol. The van der Waals surface area contributed by atoms with Crippen molar-refractivity contribution in [1.29, 1.82) is 0 Å². The van der Waals surface area contributed by atoms with E-state index in [9.17, 15) is 9.18 Å². The van der Waals surface area contributed by atoms with E-state index in [1.54, 1.807) is 0 Å². The molecule has 0 saturated carbocycles. The Balaban J connectivity index is 2.47. The van der Waals surface area contributed by atoms with Gasteiger partial charge in [-0.25, -0.2) is 4.39 Å². The first-order valence-corrected chi connectivity index (χ1v) is 6.21. The highest BCUT2D eigenvalue weighted by Crippen LogP contribution is 2.23. The predicted molar refractivity (Wildman–Crippen MR) is 73.4 cm³/mol. The van der Waals surface area contributed by atoms with Crippen molar-refractivity contribution in [3.63, 3.8) is 0 Å². The molecule has 0 spiro atoms. The number of rotatable bonds is 2. The van der Waals surface area contributed by atoms with Gasteiger partial charge in [0.25, 0.3) is 0 Å². The van der Waals surface area contributed by atoms with Gasteiger partial charge in [0.2, 0.25) is 0 Å². The van der Waals surface area contributed by atoms with Crippen molar-refractivity contribution in [2.24, 2.45) is 0 Å². The summed E-state index contributed by atoms with van der Waals surface area (Å²) in [6.45, 7) is 0. The number of nitrogens with two attached hydrogens (primary N) is 1. The smallest absolute Gasteiger partial charge is 0.196 e. The Morgan fingerprint density at radius 2 is 1.94 bits per heavy atom. The van der Waals surface area contributed by atoms with Crippen molar-refractivity contribution in [2.45, 2.75) is 0 Å². The molecule has 0 aliphatic carbocycles. The minimum Gasteiger partial charge on any atom is -0.398 e. The largest absolute Gasteiger partial charge is 0.398 e. The number of carbonyl (C=O) groups excluding carboxylic acids is 1. The topological polar surface area (TPSA) is 43.1 Å². The molecule has 2 aromatic rings. The van der Waals surface area contributed by atoms with Crippen LogP contribution in [0.5, 0.6) is 0 Å². The van der Waals surface area contributed by atoms with Gasteiger partial charge in [0.1, 0.15) is 5.82 Å². The third-order valence-electron chi connectivity index (χ3n) is 2.44. The molecule has 0 aromatic heterocycles. The Morgan fingerprint density at radius 1 is 1.22 bits per heavy atom. The lowest BCUT2D eigenvalue weighted by atomic mass is 10.0. The molecule has 0 saturated heterocycles. The third-order valence-corrected chi connectivity index (χ3v) is 3.26. The van der Waals surface area contributed by atoms with Gasteiger partial charge < -0.3 is 5.73 Å². The van der Waals surface area contributed by atoms with Gasteiger partial charge >= 0.3 is 0 Å². The van der Waals surface area contributed by atoms with E-state index in [1.807, 2.05) is 0 Å². The minimum absolute atomic E-state index is 0.00906. The van der Waals surface area contributed by atoms with Gasteiger partial charge in [0, 0.05) is 10.0 Å². The van der Waals surface area contributed by atoms with Crippen LogP contribution in [0.3, 0.4) is 0 Å². The fraction of sp³-hybridized carbons (Fsp3) is 0. The summed E-state index contributed by atoms with van der Waals surface area (Å²) in [5.74, 6) is -1.01. The van der Waals surface area contributed by atoms with Crippen LogP contribution < -0.4 is 5.73 Å². The van der Waals surface area contributed by atoms with Gasteiger partial charge in [0.05, 0.1) is 16.3 Å². The Bertz CT molecular complexity index is 630. The zero-order chi connectivity index (χ0) is 13.3. The number of hydrogen-bond acceptors (Lipinski definition) is 2. The summed E-state index contributed by atoms with van der Waals surface area (Å²) in [4.78, 5) is 12.1. The predicted octanol–water partition coefficient (Wildman–Crippen LogP) is 4.05. The van der Waals surface area contributed by atoms with Crippen molar-refractivity contribution >= 4 is 39.0 Å². The van der Waals surface area contributed by atoms with Gasteiger partial charge in [-0.15, -0.1) is 0 Å². The summed E-state index contributed by atoms with van der Waals surface area (Å²) in [5, 5.41) is 0.274. The highest BCUT2D eigenvalue weighted by atomic mass is 79.9. The standard InChI is InChI=1S/C13H8BrClFNO/c14-8-2-3-11(16)9(6-8)13(18)7-1-4-12(17)10(15)5-7/h1-6H,17H2. The van der Waals surface area contributed by atoms with Crippen molar-refractivity contribution in [3.05, 3.63) is 62.8 Å². The number of halogens is 3. The molecule has 0 atom stereocenters. The van der Waals surface area contributed by atoms with Crippen molar-refractivity contribution in [3.8, 4) is 0 Å². The maximum atomic E-state index is 13.6. The molecule has 0 fully saturated rings. The highest BCUT2D eigenvalue weighted by molar-refractivity contribution is 9.10. The van der Waals surface area contributed by atoms with E-state index >= 15 is 0 Å². The molecule has 5 heteroatoms. The third kappa shape index (κ3) is 2.54. The molecule has 0 unspecified atom stereocenters. The first-order valence-electron chi connectivity index (χ1n) is 5.04. The number of ketones is 1. The first-order chi connectivity index (χ1) is 8.49. The second kappa shape index (κ2) is 5.08. The number of carbonyl (C=O) groups is 1. The van der Waals surface area contributed by atoms with Gasteiger partial charge in [-0.2, -0.15) is 0 Å². The van der Waals surface area contributed by atoms with Crippen molar-refractivity contribution in [2.75, 3.05) is 5.73 Å². The van der Waals surface area contributed by atoms with Crippen LogP contribution in [0.25, 0.3) is 0 Å². The second-order valence-corrected chi connectivity index (χ2v) is 5.01. The number of anilines is 1. The molecule has 0 radical (unpaired) electrons. The molecule has 92 valence electrons. The summed E-state index contributed by atoms with van der Waals surface area (Å²) in [7, 11) is 0. The molecule has 2 aromatic carbocycles. The maximum Gasteiger partial charge on any atom is 0.196 e. The molecule has 0 aliphatic heterocycles. The lowest BCUT2D eigenvalue weighted by Crippen LogP contribution is -2.04. The lowest BCUT2D eigenvalue weighted by Gasteiger charge is -2.05. The Morgan fingerprint density at radius 3 is 2.61 bits per heavy atom. The van der Waals surface area contributed by atoms with E-state index < -0.39 is 11.6 Å². The summed E-state index contributed by atoms with van der Waals surface area (Å²) in [6, 6.07) is 8.66. The van der Waals surface area contributed by atoms with E-state index in [4.69, 9.17) is 17.3 Å². The fourth-order valence-corrected chi connectivity index (χ4v) is 2.04. The van der Waals surface area contributed by atoms with E-state index in [2.05, 4.69) is 15.9 Å². The van der Waals surface area contributed by atoms with Crippen LogP contribution in [0.4, 0.5) is 10.1 Å². The molecule has 0 bridgehead atoms. The van der Waals surface area contributed by atoms with Crippen molar-refractivity contribution < 1.29 is 9.18 Å². The van der Waals surface area contributed by atoms with E-state index in [0.29, 0.717) is 15.7 Å². The zero-order valence-corrected chi connectivity index (χ0v) is 11.4. The minimum atomic E-state index is -0.573. The Labute approximate surface area is 117 Å². The maximum absolute atomic E-state index is 13.6. The van der Waals surface area contributed by atoms with E-state index in [1.165, 1.54) is 36.4 Å². The molecule has 18 heavy (non-hydrogen) atoms. The fourth-order valence-electron chi connectivity index (χ4n) is 1.50. The van der Waals surface area contributed by atoms with Crippen LogP contribution in [0, 0.1) is 5.82 Å². The van der Waals surface area contributed by atoms with E-state index in [0.717, 1.165) is 0 Å². The van der Waals surface area contributed by atoms with Crippen molar-refractivity contribution in [1.82, 2.24) is 0 Å². The molecule has 0 aliphatic rings. The summed E-state index contributed by atoms with van der Waals surface area (Å²) in [6.07, 6.45) is 0. The van der Waals surface area contributed by atoms with Crippen LogP contribution in [0.1, 0.15) is 15.9 Å². The molecule has 0 amide bonds. The molecular formula is C13H8BrClFNO. The summed E-state index contributed by atoms with van der Waals surface area (Å²) < 4.78 is 14.2. The van der Waals surface area contributed by atoms with Crippen LogP contribution in [-0.4, -0.2) is 5.78 Å². The molecule has 0 heterocycles. The average molecular weight is 329 g/mol. The Hall–Kier alpha value is -1.39. The second-order valence-electron chi connectivity index (χ2n) is 3.69. The quantitative estimate of drug-likeness (QED) is 0.667. The first kappa shape index (κ1) is 13.1. The molecule has 2 nitrogen and oxygen atoms in total. The molecule has 2 N–H and O–H groups in total. The zero-order valence-electron chi connectivity index (χ0n) is 9.08. The normalized spacial score (nSPS) is 10.4. The summed E-state index contributed by atoms with van der Waals surface area (Å²) >= 11 is 9.03. The molecule has 2 rings (SSSR count). The van der Waals surface area contributed by atoms with Crippen LogP contribution in [0.15, 0.2) is 40.9 Å². The summed E-state index contributed by atoms with van der Waals surface area (Å²) in [5.41, 5.74) is 6.22. The van der Waals surface area contributed by atoms with Gasteiger partial charge in [0.15, 0.2) is 5.78 Å². The SMILES string of the molecule is Nc1ccc(C(=O)c2cc(Br)ccc2F)cc1Cl. The number of hydrogen-bond donors (Lipinski definition) is 1. The van der Waals surface area contributed by atoms with Gasteiger partial charge in [-0.05, 0) is 36.4 Å². The number of nitrogen functional groups attached to an aromatic ring is 1. The van der Waals surface area contributed by atoms with Gasteiger partial charge in [-0.1, -0.05) is 27.5 Å². The van der Waals surface area contributed by atoms with Crippen LogP contribution >= 0.6 is 27.5 Å². The van der Waals surface area contributed by atoms with E-state index in [-0.39, 0.29) is 10.6 Å². The highest BCUT2D eigenvalue weighted by Gasteiger charge is 2.15. The number of benzene rings is 2. The van der Waals surface area contributed by atoms with Crippen LogP contribution in [0.2, 0.25) is 5.02 Å². The van der Waals surface area contributed by atoms with Gasteiger partial charge in [-0.3, -0.25) is 4.79 Å². The lowest BCUT2D eigenvalue weighted by molar-refractivity contribution is 0.103. The average Bonchev–Trinajstić information content (AvgIpc) is 2.35. The van der Waals surface area contributed by atoms with Crippen LogP contribution in [-0.2, 0) is 0 Å².